The van der Waals surface area contributed by atoms with Crippen molar-refractivity contribution in [1.82, 2.24) is 9.55 Å². The van der Waals surface area contributed by atoms with E-state index in [1.165, 1.54) is 6.20 Å². The summed E-state index contributed by atoms with van der Waals surface area (Å²) < 4.78 is 1.67. The number of nitriles is 1. The molecule has 0 aliphatic carbocycles. The Morgan fingerprint density at radius 3 is 2.90 bits per heavy atom. The summed E-state index contributed by atoms with van der Waals surface area (Å²) in [5, 5.41) is 8.47. The van der Waals surface area contributed by atoms with E-state index in [9.17, 15) is 0 Å². The summed E-state index contributed by atoms with van der Waals surface area (Å²) in [4.78, 5) is 3.91. The third kappa shape index (κ3) is 0.981. The van der Waals surface area contributed by atoms with Crippen LogP contribution in [0, 0.1) is 11.3 Å². The second-order valence-corrected chi connectivity index (χ2v) is 2.13. The summed E-state index contributed by atoms with van der Waals surface area (Å²) in [7, 11) is 1.77. The lowest BCUT2D eigenvalue weighted by atomic mass is 10.5. The second-order valence-electron chi connectivity index (χ2n) is 1.86. The Morgan fingerprint density at radius 2 is 2.60 bits per heavy atom. The van der Waals surface area contributed by atoms with Crippen LogP contribution in [0.5, 0.6) is 0 Å². The molecule has 0 fully saturated rings. The van der Waals surface area contributed by atoms with Crippen LogP contribution in [0.15, 0.2) is 6.20 Å². The van der Waals surface area contributed by atoms with Crippen molar-refractivity contribution in [3.63, 3.8) is 0 Å². The van der Waals surface area contributed by atoms with Crippen molar-refractivity contribution in [2.75, 3.05) is 0 Å². The molecule has 0 radical (unpaired) electrons. The van der Waals surface area contributed by atoms with Crippen molar-refractivity contribution in [3.05, 3.63) is 17.7 Å². The molecular formula is C6H6ClN3. The molecule has 52 valence electrons. The Hall–Kier alpha value is -1.01. The van der Waals surface area contributed by atoms with E-state index in [-0.39, 0.29) is 0 Å². The van der Waals surface area contributed by atoms with Crippen molar-refractivity contribution >= 4 is 11.6 Å². The first-order valence-corrected chi connectivity index (χ1v) is 3.29. The molecule has 1 rings (SSSR count). The number of halogens is 1. The molecule has 0 saturated heterocycles. The molecule has 0 aliphatic rings. The molecule has 4 heteroatoms. The van der Waals surface area contributed by atoms with Crippen LogP contribution in [0.3, 0.4) is 0 Å². The molecule has 0 amide bonds. The molecule has 1 heterocycles. The molecule has 1 aromatic heterocycles. The fraction of sp³-hybridized carbons (Fsp3) is 0.333. The average Bonchev–Trinajstić information content (AvgIpc) is 2.30. The predicted octanol–water partition coefficient (Wildman–Crippen LogP) is 1.03. The number of hydrogen-bond donors (Lipinski definition) is 0. The molecule has 10 heavy (non-hydrogen) atoms. The molecule has 0 saturated carbocycles. The maximum absolute atomic E-state index is 8.47. The predicted molar refractivity (Wildman–Crippen MR) is 37.5 cm³/mol. The van der Waals surface area contributed by atoms with E-state index in [0.29, 0.717) is 11.6 Å². The first kappa shape index (κ1) is 7.10. The zero-order chi connectivity index (χ0) is 7.56. The zero-order valence-electron chi connectivity index (χ0n) is 5.50. The van der Waals surface area contributed by atoms with Gasteiger partial charge in [-0.3, -0.25) is 0 Å². The van der Waals surface area contributed by atoms with Gasteiger partial charge in [0.15, 0.2) is 0 Å². The zero-order valence-corrected chi connectivity index (χ0v) is 6.26. The minimum Gasteiger partial charge on any atom is -0.322 e. The van der Waals surface area contributed by atoms with Gasteiger partial charge in [-0.25, -0.2) is 4.98 Å². The fourth-order valence-electron chi connectivity index (χ4n) is 0.676. The maximum Gasteiger partial charge on any atom is 0.139 e. The molecule has 3 nitrogen and oxygen atoms in total. The number of hydrogen-bond acceptors (Lipinski definition) is 2. The highest BCUT2D eigenvalue weighted by molar-refractivity contribution is 6.16. The first-order valence-electron chi connectivity index (χ1n) is 2.76. The quantitative estimate of drug-likeness (QED) is 0.569. The van der Waals surface area contributed by atoms with Crippen LogP contribution in [0.4, 0.5) is 0 Å². The third-order valence-electron chi connectivity index (χ3n) is 1.32. The van der Waals surface area contributed by atoms with Crippen LogP contribution >= 0.6 is 11.6 Å². The van der Waals surface area contributed by atoms with Crippen molar-refractivity contribution in [1.29, 1.82) is 5.26 Å². The topological polar surface area (TPSA) is 41.6 Å². The summed E-state index contributed by atoms with van der Waals surface area (Å²) in [6, 6.07) is 1.99. The van der Waals surface area contributed by atoms with Crippen molar-refractivity contribution in [2.24, 2.45) is 7.05 Å². The second kappa shape index (κ2) is 2.72. The van der Waals surface area contributed by atoms with Crippen molar-refractivity contribution < 1.29 is 0 Å². The van der Waals surface area contributed by atoms with Gasteiger partial charge in [-0.15, -0.1) is 11.6 Å². The first-order chi connectivity index (χ1) is 4.79. The lowest BCUT2D eigenvalue weighted by Gasteiger charge is -1.94. The highest BCUT2D eigenvalue weighted by Gasteiger charge is 2.02. The van der Waals surface area contributed by atoms with Gasteiger partial charge in [0.05, 0.1) is 12.1 Å². The van der Waals surface area contributed by atoms with Gasteiger partial charge in [0.2, 0.25) is 0 Å². The van der Waals surface area contributed by atoms with Gasteiger partial charge in [-0.2, -0.15) is 5.26 Å². The van der Waals surface area contributed by atoms with Crippen LogP contribution < -0.4 is 0 Å². The third-order valence-corrected chi connectivity index (χ3v) is 1.56. The van der Waals surface area contributed by atoms with E-state index in [2.05, 4.69) is 4.98 Å². The summed E-state index contributed by atoms with van der Waals surface area (Å²) in [6.07, 6.45) is 1.51. The molecule has 0 atom stereocenters. The molecule has 0 aromatic carbocycles. The fourth-order valence-corrected chi connectivity index (χ4v) is 0.924. The van der Waals surface area contributed by atoms with Crippen molar-refractivity contribution in [2.45, 2.75) is 5.88 Å². The molecule has 0 bridgehead atoms. The maximum atomic E-state index is 8.47. The number of rotatable bonds is 1. The average molecular weight is 156 g/mol. The molecular weight excluding hydrogens is 150 g/mol. The lowest BCUT2D eigenvalue weighted by molar-refractivity contribution is 0.835. The van der Waals surface area contributed by atoms with Gasteiger partial charge in [0, 0.05) is 7.05 Å². The standard InChI is InChI=1S/C6H6ClN3/c1-10-5(3-8)4-9-6(10)2-7/h4H,2H2,1H3. The summed E-state index contributed by atoms with van der Waals surface area (Å²) in [5.74, 6) is 1.07. The van der Waals surface area contributed by atoms with Gasteiger partial charge < -0.3 is 4.57 Å². The Kier molecular flexibility index (Phi) is 1.93. The van der Waals surface area contributed by atoms with Crippen LogP contribution in [-0.4, -0.2) is 9.55 Å². The van der Waals surface area contributed by atoms with Crippen LogP contribution in [0.25, 0.3) is 0 Å². The van der Waals surface area contributed by atoms with E-state index >= 15 is 0 Å². The molecule has 0 aliphatic heterocycles. The summed E-state index contributed by atoms with van der Waals surface area (Å²) in [6.45, 7) is 0. The van der Waals surface area contributed by atoms with Gasteiger partial charge >= 0.3 is 0 Å². The summed E-state index contributed by atoms with van der Waals surface area (Å²) >= 11 is 5.51. The van der Waals surface area contributed by atoms with Crippen LogP contribution in [-0.2, 0) is 12.9 Å². The highest BCUT2D eigenvalue weighted by Crippen LogP contribution is 2.03. The Morgan fingerprint density at radius 1 is 1.90 bits per heavy atom. The molecule has 0 N–H and O–H groups in total. The molecule has 1 aromatic rings. The van der Waals surface area contributed by atoms with Crippen molar-refractivity contribution in [3.8, 4) is 6.07 Å². The van der Waals surface area contributed by atoms with E-state index < -0.39 is 0 Å². The number of alkyl halides is 1. The van der Waals surface area contributed by atoms with Gasteiger partial charge in [0.1, 0.15) is 17.6 Å². The van der Waals surface area contributed by atoms with Crippen LogP contribution in [0.2, 0.25) is 0 Å². The van der Waals surface area contributed by atoms with Gasteiger partial charge in [-0.05, 0) is 0 Å². The van der Waals surface area contributed by atoms with Gasteiger partial charge in [-0.1, -0.05) is 0 Å². The largest absolute Gasteiger partial charge is 0.322 e. The Labute approximate surface area is 63.9 Å². The van der Waals surface area contributed by atoms with Crippen LogP contribution in [0.1, 0.15) is 11.5 Å². The number of imidazole rings is 1. The molecule has 0 spiro atoms. The smallest absolute Gasteiger partial charge is 0.139 e. The van der Waals surface area contributed by atoms with E-state index in [1.54, 1.807) is 11.6 Å². The monoisotopic (exact) mass is 155 g/mol. The van der Waals surface area contributed by atoms with E-state index in [0.717, 1.165) is 5.82 Å². The van der Waals surface area contributed by atoms with Gasteiger partial charge in [0.25, 0.3) is 0 Å². The minimum absolute atomic E-state index is 0.345. The van der Waals surface area contributed by atoms with E-state index in [4.69, 9.17) is 16.9 Å². The minimum atomic E-state index is 0.345. The normalized spacial score (nSPS) is 9.30. The highest BCUT2D eigenvalue weighted by atomic mass is 35.5. The van der Waals surface area contributed by atoms with E-state index in [1.807, 2.05) is 6.07 Å². The Bertz CT molecular complexity index is 271. The SMILES string of the molecule is Cn1c(C#N)cnc1CCl. The number of aromatic nitrogens is 2. The molecule has 0 unspecified atom stereocenters. The number of nitrogens with zero attached hydrogens (tertiary/aromatic N) is 3. The lowest BCUT2D eigenvalue weighted by Crippen LogP contribution is -1.96. The Balaban J connectivity index is 3.12. The summed E-state index contributed by atoms with van der Waals surface area (Å²) in [5.41, 5.74) is 0.538.